The first-order chi connectivity index (χ1) is 9.72. The second kappa shape index (κ2) is 7.32. The maximum Gasteiger partial charge on any atom is 0.240 e. The highest BCUT2D eigenvalue weighted by Crippen LogP contribution is 2.15. The van der Waals surface area contributed by atoms with Gasteiger partial charge in [-0.1, -0.05) is 12.1 Å². The van der Waals surface area contributed by atoms with E-state index >= 15 is 0 Å². The Bertz CT molecular complexity index is 654. The normalized spacial score (nSPS) is 14.0. The molecule has 0 bridgehead atoms. The van der Waals surface area contributed by atoms with Crippen LogP contribution in [0.5, 0.6) is 0 Å². The Kier molecular flexibility index (Phi) is 6.29. The van der Waals surface area contributed by atoms with Gasteiger partial charge in [-0.2, -0.15) is 0 Å². The second-order valence-electron chi connectivity index (χ2n) is 4.50. The molecule has 0 spiro atoms. The minimum absolute atomic E-state index is 0.108. The third kappa shape index (κ3) is 5.36. The third-order valence-corrected chi connectivity index (χ3v) is 5.94. The molecule has 0 aliphatic rings. The SMILES string of the molecule is CNC(C)c1ccc(S(=O)(=O)NCCS(=O)(=O)NC)cc1. The quantitative estimate of drug-likeness (QED) is 0.610. The summed E-state index contributed by atoms with van der Waals surface area (Å²) in [5.41, 5.74) is 0.967. The van der Waals surface area contributed by atoms with Gasteiger partial charge in [0.25, 0.3) is 0 Å². The highest BCUT2D eigenvalue weighted by atomic mass is 32.2. The van der Waals surface area contributed by atoms with Gasteiger partial charge < -0.3 is 5.32 Å². The molecule has 9 heteroatoms. The second-order valence-corrected chi connectivity index (χ2v) is 8.31. The molecule has 0 aromatic heterocycles. The molecule has 0 aliphatic carbocycles. The summed E-state index contributed by atoms with van der Waals surface area (Å²) in [6.45, 7) is 1.78. The van der Waals surface area contributed by atoms with Crippen LogP contribution >= 0.6 is 0 Å². The molecule has 0 amide bonds. The van der Waals surface area contributed by atoms with Crippen LogP contribution in [0.3, 0.4) is 0 Å². The van der Waals surface area contributed by atoms with Gasteiger partial charge in [0.1, 0.15) is 0 Å². The topological polar surface area (TPSA) is 104 Å². The number of sulfonamides is 2. The predicted octanol–water partition coefficient (Wildman–Crippen LogP) is -0.205. The van der Waals surface area contributed by atoms with E-state index in [1.165, 1.54) is 19.2 Å². The zero-order chi connectivity index (χ0) is 16.1. The molecule has 1 aromatic carbocycles. The average molecular weight is 335 g/mol. The van der Waals surface area contributed by atoms with Crippen molar-refractivity contribution in [1.29, 1.82) is 0 Å². The molecule has 0 radical (unpaired) electrons. The van der Waals surface area contributed by atoms with E-state index in [4.69, 9.17) is 0 Å². The molecule has 120 valence electrons. The van der Waals surface area contributed by atoms with Crippen molar-refractivity contribution in [3.8, 4) is 0 Å². The van der Waals surface area contributed by atoms with Crippen molar-refractivity contribution in [2.24, 2.45) is 0 Å². The maximum atomic E-state index is 12.0. The zero-order valence-electron chi connectivity index (χ0n) is 12.3. The monoisotopic (exact) mass is 335 g/mol. The molecule has 21 heavy (non-hydrogen) atoms. The lowest BCUT2D eigenvalue weighted by Crippen LogP contribution is -2.33. The van der Waals surface area contributed by atoms with E-state index in [0.29, 0.717) is 0 Å². The van der Waals surface area contributed by atoms with E-state index in [1.807, 2.05) is 14.0 Å². The van der Waals surface area contributed by atoms with Crippen LogP contribution in [-0.4, -0.2) is 43.2 Å². The number of hydrogen-bond acceptors (Lipinski definition) is 5. The van der Waals surface area contributed by atoms with E-state index in [9.17, 15) is 16.8 Å². The largest absolute Gasteiger partial charge is 0.313 e. The molecular formula is C12H21N3O4S2. The molecule has 0 saturated heterocycles. The van der Waals surface area contributed by atoms with Crippen LogP contribution in [0.4, 0.5) is 0 Å². The van der Waals surface area contributed by atoms with Gasteiger partial charge in [0, 0.05) is 12.6 Å². The summed E-state index contributed by atoms with van der Waals surface area (Å²) in [5, 5.41) is 3.06. The van der Waals surface area contributed by atoms with Crippen LogP contribution in [0, 0.1) is 0 Å². The Balaban J connectivity index is 2.75. The van der Waals surface area contributed by atoms with E-state index < -0.39 is 20.0 Å². The predicted molar refractivity (Wildman–Crippen MR) is 82.0 cm³/mol. The molecule has 3 N–H and O–H groups in total. The highest BCUT2D eigenvalue weighted by molar-refractivity contribution is 7.90. The molecule has 1 aromatic rings. The van der Waals surface area contributed by atoms with Gasteiger partial charge in [-0.3, -0.25) is 0 Å². The molecule has 1 unspecified atom stereocenters. The number of nitrogens with one attached hydrogen (secondary N) is 3. The molecule has 1 rings (SSSR count). The van der Waals surface area contributed by atoms with Crippen molar-refractivity contribution in [2.75, 3.05) is 26.4 Å². The summed E-state index contributed by atoms with van der Waals surface area (Å²) >= 11 is 0. The van der Waals surface area contributed by atoms with Gasteiger partial charge in [0.15, 0.2) is 0 Å². The van der Waals surface area contributed by atoms with Gasteiger partial charge in [-0.15, -0.1) is 0 Å². The fourth-order valence-corrected chi connectivity index (χ4v) is 3.33. The van der Waals surface area contributed by atoms with Crippen LogP contribution in [0.25, 0.3) is 0 Å². The van der Waals surface area contributed by atoms with E-state index in [-0.39, 0.29) is 23.2 Å². The summed E-state index contributed by atoms with van der Waals surface area (Å²) in [6, 6.07) is 6.56. The summed E-state index contributed by atoms with van der Waals surface area (Å²) < 4.78 is 50.9. The van der Waals surface area contributed by atoms with E-state index in [2.05, 4.69) is 14.8 Å². The summed E-state index contributed by atoms with van der Waals surface area (Å²) in [6.07, 6.45) is 0. The van der Waals surface area contributed by atoms with Crippen LogP contribution in [0.2, 0.25) is 0 Å². The molecule has 0 fully saturated rings. The van der Waals surface area contributed by atoms with Gasteiger partial charge in [0.05, 0.1) is 10.6 Å². The Hall–Kier alpha value is -1.00. The molecule has 0 saturated carbocycles. The zero-order valence-corrected chi connectivity index (χ0v) is 13.9. The maximum absolute atomic E-state index is 12.0. The summed E-state index contributed by atoms with van der Waals surface area (Å²) in [5.74, 6) is -0.308. The minimum atomic E-state index is -3.70. The standard InChI is InChI=1S/C12H21N3O4S2/c1-10(13-2)11-4-6-12(7-5-11)21(18,19)15-8-9-20(16,17)14-3/h4-7,10,13-15H,8-9H2,1-3H3. The van der Waals surface area contributed by atoms with Crippen molar-refractivity contribution in [3.05, 3.63) is 29.8 Å². The molecule has 7 nitrogen and oxygen atoms in total. The van der Waals surface area contributed by atoms with Crippen molar-refractivity contribution in [2.45, 2.75) is 17.9 Å². The van der Waals surface area contributed by atoms with Crippen LogP contribution in [0.15, 0.2) is 29.2 Å². The molecule has 0 aliphatic heterocycles. The summed E-state index contributed by atoms with van der Waals surface area (Å²) in [4.78, 5) is 0.108. The van der Waals surface area contributed by atoms with Crippen molar-refractivity contribution < 1.29 is 16.8 Å². The Morgan fingerprint density at radius 2 is 1.62 bits per heavy atom. The lowest BCUT2D eigenvalue weighted by atomic mass is 10.1. The number of hydrogen-bond donors (Lipinski definition) is 3. The van der Waals surface area contributed by atoms with Gasteiger partial charge >= 0.3 is 0 Å². The molecular weight excluding hydrogens is 314 g/mol. The van der Waals surface area contributed by atoms with Crippen molar-refractivity contribution >= 4 is 20.0 Å². The van der Waals surface area contributed by atoms with Crippen molar-refractivity contribution in [3.63, 3.8) is 0 Å². The lowest BCUT2D eigenvalue weighted by molar-refractivity contribution is 0.578. The van der Waals surface area contributed by atoms with Gasteiger partial charge in [-0.05, 0) is 38.7 Å². The van der Waals surface area contributed by atoms with Crippen LogP contribution in [0.1, 0.15) is 18.5 Å². The van der Waals surface area contributed by atoms with Gasteiger partial charge in [0.2, 0.25) is 20.0 Å². The van der Waals surface area contributed by atoms with Gasteiger partial charge in [-0.25, -0.2) is 26.3 Å². The Morgan fingerprint density at radius 3 is 2.10 bits per heavy atom. The average Bonchev–Trinajstić information content (AvgIpc) is 2.46. The smallest absolute Gasteiger partial charge is 0.240 e. The molecule has 0 heterocycles. The fraction of sp³-hybridized carbons (Fsp3) is 0.500. The number of rotatable bonds is 8. The lowest BCUT2D eigenvalue weighted by Gasteiger charge is -2.12. The summed E-state index contributed by atoms with van der Waals surface area (Å²) in [7, 11) is -4.03. The Labute approximate surface area is 126 Å². The first-order valence-electron chi connectivity index (χ1n) is 6.40. The fourth-order valence-electron chi connectivity index (χ4n) is 1.60. The van der Waals surface area contributed by atoms with E-state index in [0.717, 1.165) is 5.56 Å². The van der Waals surface area contributed by atoms with Crippen LogP contribution < -0.4 is 14.8 Å². The number of benzene rings is 1. The van der Waals surface area contributed by atoms with E-state index in [1.54, 1.807) is 12.1 Å². The van der Waals surface area contributed by atoms with Crippen molar-refractivity contribution in [1.82, 2.24) is 14.8 Å². The Morgan fingerprint density at radius 1 is 1.05 bits per heavy atom. The first kappa shape index (κ1) is 18.1. The minimum Gasteiger partial charge on any atom is -0.313 e. The first-order valence-corrected chi connectivity index (χ1v) is 9.53. The third-order valence-electron chi connectivity index (χ3n) is 3.10. The van der Waals surface area contributed by atoms with Crippen LogP contribution in [-0.2, 0) is 20.0 Å². The molecule has 1 atom stereocenters. The highest BCUT2D eigenvalue weighted by Gasteiger charge is 2.16.